The van der Waals surface area contributed by atoms with Gasteiger partial charge in [0.15, 0.2) is 6.29 Å². The van der Waals surface area contributed by atoms with Crippen molar-refractivity contribution < 1.29 is 9.47 Å². The summed E-state index contributed by atoms with van der Waals surface area (Å²) in [6.45, 7) is 1.64. The molecule has 1 aliphatic heterocycles. The highest BCUT2D eigenvalue weighted by molar-refractivity contribution is 9.09. The average molecular weight is 345 g/mol. The Morgan fingerprint density at radius 1 is 0.950 bits per heavy atom. The Bertz CT molecular complexity index is 264. The molecular formula is C17H29BrO2. The lowest BCUT2D eigenvalue weighted by atomic mass is 10.1. The van der Waals surface area contributed by atoms with E-state index >= 15 is 0 Å². The molecule has 1 saturated heterocycles. The lowest BCUT2D eigenvalue weighted by Gasteiger charge is -2.22. The zero-order chi connectivity index (χ0) is 14.3. The molecule has 0 aliphatic carbocycles. The van der Waals surface area contributed by atoms with Crippen LogP contribution < -0.4 is 0 Å². The second kappa shape index (κ2) is 13.9. The van der Waals surface area contributed by atoms with Crippen molar-refractivity contribution in [2.45, 2.75) is 76.9 Å². The van der Waals surface area contributed by atoms with Gasteiger partial charge in [-0.15, -0.1) is 11.8 Å². The molecule has 0 radical (unpaired) electrons. The topological polar surface area (TPSA) is 18.5 Å². The predicted octanol–water partition coefficient (Wildman–Crippen LogP) is 5.05. The van der Waals surface area contributed by atoms with Crippen molar-refractivity contribution in [3.8, 4) is 11.8 Å². The molecule has 1 unspecified atom stereocenters. The highest BCUT2D eigenvalue weighted by atomic mass is 79.9. The van der Waals surface area contributed by atoms with Crippen LogP contribution in [0.25, 0.3) is 0 Å². The maximum Gasteiger partial charge on any atom is 0.157 e. The van der Waals surface area contributed by atoms with Crippen molar-refractivity contribution in [3.05, 3.63) is 0 Å². The van der Waals surface area contributed by atoms with Crippen molar-refractivity contribution in [2.24, 2.45) is 0 Å². The molecule has 1 rings (SSSR count). The van der Waals surface area contributed by atoms with E-state index in [-0.39, 0.29) is 6.29 Å². The standard InChI is InChI=1S/C17H29BrO2/c18-14-10-7-5-3-1-2-4-6-8-11-15-19-17-13-9-12-16-20-17/h17H,1-3,5,7-16H2. The number of unbranched alkanes of at least 4 members (excludes halogenated alkanes) is 6. The molecule has 0 bridgehead atoms. The summed E-state index contributed by atoms with van der Waals surface area (Å²) in [5.74, 6) is 6.52. The molecule has 1 atom stereocenters. The summed E-state index contributed by atoms with van der Waals surface area (Å²) in [6, 6.07) is 0. The zero-order valence-corrected chi connectivity index (χ0v) is 14.3. The first-order valence-electron chi connectivity index (χ1n) is 8.18. The van der Waals surface area contributed by atoms with E-state index in [9.17, 15) is 0 Å². The van der Waals surface area contributed by atoms with Gasteiger partial charge in [-0.05, 0) is 38.5 Å². The minimum Gasteiger partial charge on any atom is -0.353 e. The van der Waals surface area contributed by atoms with Crippen LogP contribution in [-0.2, 0) is 9.47 Å². The molecule has 0 spiro atoms. The molecule has 0 aromatic heterocycles. The van der Waals surface area contributed by atoms with Crippen molar-refractivity contribution in [1.29, 1.82) is 0 Å². The van der Waals surface area contributed by atoms with Crippen LogP contribution in [0.15, 0.2) is 0 Å². The molecule has 0 aromatic carbocycles. The molecule has 1 aliphatic rings. The Morgan fingerprint density at radius 2 is 1.70 bits per heavy atom. The number of halogens is 1. The van der Waals surface area contributed by atoms with E-state index in [0.717, 1.165) is 44.2 Å². The van der Waals surface area contributed by atoms with E-state index < -0.39 is 0 Å². The van der Waals surface area contributed by atoms with Gasteiger partial charge in [-0.1, -0.05) is 35.2 Å². The van der Waals surface area contributed by atoms with E-state index in [0.29, 0.717) is 0 Å². The summed E-state index contributed by atoms with van der Waals surface area (Å²) in [7, 11) is 0. The van der Waals surface area contributed by atoms with Gasteiger partial charge in [-0.3, -0.25) is 0 Å². The Morgan fingerprint density at radius 3 is 2.45 bits per heavy atom. The lowest BCUT2D eigenvalue weighted by Crippen LogP contribution is -2.22. The second-order valence-corrected chi connectivity index (χ2v) is 6.12. The molecule has 0 aromatic rings. The Labute approximate surface area is 133 Å². The van der Waals surface area contributed by atoms with Gasteiger partial charge in [0.25, 0.3) is 0 Å². The third-order valence-corrected chi connectivity index (χ3v) is 4.01. The van der Waals surface area contributed by atoms with Gasteiger partial charge in [0.1, 0.15) is 0 Å². The summed E-state index contributed by atoms with van der Waals surface area (Å²) in [5.41, 5.74) is 0. The molecule has 0 amide bonds. The van der Waals surface area contributed by atoms with Gasteiger partial charge in [-0.2, -0.15) is 0 Å². The van der Waals surface area contributed by atoms with Crippen LogP contribution in [0.5, 0.6) is 0 Å². The van der Waals surface area contributed by atoms with Crippen LogP contribution in [0.4, 0.5) is 0 Å². The fourth-order valence-electron chi connectivity index (χ4n) is 2.23. The van der Waals surface area contributed by atoms with Gasteiger partial charge in [0, 0.05) is 24.8 Å². The number of alkyl halides is 1. The van der Waals surface area contributed by atoms with Crippen LogP contribution in [0.2, 0.25) is 0 Å². The van der Waals surface area contributed by atoms with E-state index in [1.807, 2.05) is 0 Å². The molecular weight excluding hydrogens is 316 g/mol. The summed E-state index contributed by atoms with van der Waals surface area (Å²) in [6.07, 6.45) is 13.1. The fourth-order valence-corrected chi connectivity index (χ4v) is 2.63. The SMILES string of the molecule is BrCCCCCCCC#CCCCOC1CCCCO1. The van der Waals surface area contributed by atoms with E-state index in [4.69, 9.17) is 9.47 Å². The van der Waals surface area contributed by atoms with Crippen LogP contribution >= 0.6 is 15.9 Å². The zero-order valence-electron chi connectivity index (χ0n) is 12.7. The first-order valence-corrected chi connectivity index (χ1v) is 9.30. The van der Waals surface area contributed by atoms with Crippen LogP contribution in [0.3, 0.4) is 0 Å². The third-order valence-electron chi connectivity index (χ3n) is 3.45. The normalized spacial score (nSPS) is 18.6. The highest BCUT2D eigenvalue weighted by Gasteiger charge is 2.12. The van der Waals surface area contributed by atoms with Gasteiger partial charge in [-0.25, -0.2) is 0 Å². The summed E-state index contributed by atoms with van der Waals surface area (Å²) < 4.78 is 11.2. The molecule has 116 valence electrons. The minimum absolute atomic E-state index is 0.0521. The maximum absolute atomic E-state index is 5.67. The first kappa shape index (κ1) is 18.0. The van der Waals surface area contributed by atoms with Crippen LogP contribution in [0, 0.1) is 11.8 Å². The van der Waals surface area contributed by atoms with Crippen molar-refractivity contribution >= 4 is 15.9 Å². The van der Waals surface area contributed by atoms with Crippen LogP contribution in [0.1, 0.15) is 70.6 Å². The quantitative estimate of drug-likeness (QED) is 0.313. The first-order chi connectivity index (χ1) is 9.93. The molecule has 1 fully saturated rings. The molecule has 20 heavy (non-hydrogen) atoms. The number of hydrogen-bond donors (Lipinski definition) is 0. The summed E-state index contributed by atoms with van der Waals surface area (Å²) >= 11 is 3.46. The molecule has 0 N–H and O–H groups in total. The smallest absolute Gasteiger partial charge is 0.157 e. The van der Waals surface area contributed by atoms with E-state index in [1.165, 1.54) is 44.9 Å². The second-order valence-electron chi connectivity index (χ2n) is 5.33. The van der Waals surface area contributed by atoms with E-state index in [2.05, 4.69) is 27.8 Å². The van der Waals surface area contributed by atoms with E-state index in [1.54, 1.807) is 0 Å². The summed E-state index contributed by atoms with van der Waals surface area (Å²) in [5, 5.41) is 1.14. The van der Waals surface area contributed by atoms with Crippen molar-refractivity contribution in [3.63, 3.8) is 0 Å². The lowest BCUT2D eigenvalue weighted by molar-refractivity contribution is -0.162. The monoisotopic (exact) mass is 344 g/mol. The predicted molar refractivity (Wildman–Crippen MR) is 88.0 cm³/mol. The third kappa shape index (κ3) is 10.7. The number of rotatable bonds is 10. The molecule has 3 heteroatoms. The average Bonchev–Trinajstić information content (AvgIpc) is 2.49. The molecule has 0 saturated carbocycles. The molecule has 1 heterocycles. The van der Waals surface area contributed by atoms with Gasteiger partial charge in [0.05, 0.1) is 6.61 Å². The number of ether oxygens (including phenoxy) is 2. The highest BCUT2D eigenvalue weighted by Crippen LogP contribution is 2.13. The van der Waals surface area contributed by atoms with Gasteiger partial charge >= 0.3 is 0 Å². The number of hydrogen-bond acceptors (Lipinski definition) is 2. The largest absolute Gasteiger partial charge is 0.353 e. The Balaban J connectivity index is 1.80. The minimum atomic E-state index is 0.0521. The van der Waals surface area contributed by atoms with Gasteiger partial charge < -0.3 is 9.47 Å². The Kier molecular flexibility index (Phi) is 12.5. The van der Waals surface area contributed by atoms with Gasteiger partial charge in [0.2, 0.25) is 0 Å². The fraction of sp³-hybridized carbons (Fsp3) is 0.882. The molecule has 2 nitrogen and oxygen atoms in total. The van der Waals surface area contributed by atoms with Crippen molar-refractivity contribution in [1.82, 2.24) is 0 Å². The van der Waals surface area contributed by atoms with Crippen LogP contribution in [-0.4, -0.2) is 24.8 Å². The summed E-state index contributed by atoms with van der Waals surface area (Å²) in [4.78, 5) is 0. The van der Waals surface area contributed by atoms with Crippen molar-refractivity contribution in [2.75, 3.05) is 18.5 Å². The maximum atomic E-state index is 5.67. The Hall–Kier alpha value is -0.0400.